The highest BCUT2D eigenvalue weighted by Crippen LogP contribution is 2.52. The molecule has 0 N–H and O–H groups in total. The van der Waals surface area contributed by atoms with Crippen molar-refractivity contribution in [1.82, 2.24) is 0 Å². The zero-order chi connectivity index (χ0) is 18.7. The zero-order valence-corrected chi connectivity index (χ0v) is 11.7. The Kier molecular flexibility index (Phi) is 6.59. The van der Waals surface area contributed by atoms with Crippen LogP contribution < -0.4 is 0 Å². The van der Waals surface area contributed by atoms with Crippen LogP contribution in [0.5, 0.6) is 0 Å². The topological polar surface area (TPSA) is 12.4 Å². The summed E-state index contributed by atoms with van der Waals surface area (Å²) in [4.78, 5) is 2.95. The standard InChI is InChI=1S/C10H8F11NS/c11-6(12,1-2-22-5-23)3-7(13,14)4-8(15,9(16,17)18)10(19,20)21/h1-4H2. The minimum atomic E-state index is -6.74. The van der Waals surface area contributed by atoms with Gasteiger partial charge in [-0.25, -0.2) is 26.9 Å². The molecule has 0 rings (SSSR count). The van der Waals surface area contributed by atoms with Crippen molar-refractivity contribution in [2.45, 2.75) is 49.1 Å². The molecule has 0 fully saturated rings. The van der Waals surface area contributed by atoms with Gasteiger partial charge >= 0.3 is 18.0 Å². The molecule has 0 aliphatic rings. The molecule has 0 spiro atoms. The van der Waals surface area contributed by atoms with Crippen LogP contribution >= 0.6 is 12.2 Å². The van der Waals surface area contributed by atoms with Crippen LogP contribution in [0.15, 0.2) is 4.99 Å². The van der Waals surface area contributed by atoms with Crippen LogP contribution in [0.2, 0.25) is 0 Å². The Morgan fingerprint density at radius 1 is 0.696 bits per heavy atom. The molecule has 0 unspecified atom stereocenters. The Balaban J connectivity index is 5.31. The van der Waals surface area contributed by atoms with E-state index in [-0.39, 0.29) is 0 Å². The van der Waals surface area contributed by atoms with E-state index in [9.17, 15) is 48.3 Å². The van der Waals surface area contributed by atoms with Gasteiger partial charge in [0.2, 0.25) is 0 Å². The van der Waals surface area contributed by atoms with Crippen molar-refractivity contribution in [3.63, 3.8) is 0 Å². The minimum absolute atomic E-state index is 0.827. The van der Waals surface area contributed by atoms with E-state index < -0.39 is 55.7 Å². The first kappa shape index (κ1) is 22.0. The highest BCUT2D eigenvalue weighted by molar-refractivity contribution is 7.78. The van der Waals surface area contributed by atoms with Gasteiger partial charge in [-0.15, -0.1) is 0 Å². The summed E-state index contributed by atoms with van der Waals surface area (Å²) in [6, 6.07) is 0. The van der Waals surface area contributed by atoms with E-state index in [1.54, 1.807) is 5.16 Å². The van der Waals surface area contributed by atoms with Gasteiger partial charge in [-0.3, -0.25) is 0 Å². The fraction of sp³-hybridized carbons (Fsp3) is 0.900. The van der Waals surface area contributed by atoms with Gasteiger partial charge in [-0.05, 0) is 12.2 Å². The molecule has 1 nitrogen and oxygen atoms in total. The summed E-state index contributed by atoms with van der Waals surface area (Å²) < 4.78 is 139. The van der Waals surface area contributed by atoms with Crippen molar-refractivity contribution < 1.29 is 48.3 Å². The SMILES string of the molecule is FC(F)(CCN=C=S)CC(F)(F)CC(F)(C(F)(F)F)C(F)(F)F. The van der Waals surface area contributed by atoms with E-state index in [2.05, 4.69) is 17.2 Å². The second kappa shape index (κ2) is 6.88. The quantitative estimate of drug-likeness (QED) is 0.327. The van der Waals surface area contributed by atoms with Crippen LogP contribution in [0, 0.1) is 0 Å². The van der Waals surface area contributed by atoms with Gasteiger partial charge in [0.1, 0.15) is 0 Å². The highest BCUT2D eigenvalue weighted by Gasteiger charge is 2.75. The van der Waals surface area contributed by atoms with Crippen LogP contribution in [0.25, 0.3) is 0 Å². The lowest BCUT2D eigenvalue weighted by Gasteiger charge is -2.33. The lowest BCUT2D eigenvalue weighted by molar-refractivity contribution is -0.356. The molecule has 0 saturated carbocycles. The third-order valence-corrected chi connectivity index (χ3v) is 2.70. The summed E-state index contributed by atoms with van der Waals surface area (Å²) >= 11 is 3.99. The number of hydrogen-bond acceptors (Lipinski definition) is 2. The van der Waals surface area contributed by atoms with Crippen LogP contribution in [-0.4, -0.2) is 41.6 Å². The molecule has 0 bridgehead atoms. The zero-order valence-electron chi connectivity index (χ0n) is 10.8. The van der Waals surface area contributed by atoms with Gasteiger partial charge in [0, 0.05) is 6.42 Å². The number of hydrogen-bond donors (Lipinski definition) is 0. The van der Waals surface area contributed by atoms with Gasteiger partial charge in [0.05, 0.1) is 24.5 Å². The summed E-state index contributed by atoms with van der Waals surface area (Å²) in [5, 5.41) is 1.61. The average Bonchev–Trinajstić information content (AvgIpc) is 2.23. The molecule has 0 radical (unpaired) electrons. The van der Waals surface area contributed by atoms with Crippen molar-refractivity contribution in [1.29, 1.82) is 0 Å². The number of nitrogens with zero attached hydrogens (tertiary/aromatic N) is 1. The van der Waals surface area contributed by atoms with Crippen LogP contribution in [0.3, 0.4) is 0 Å². The number of alkyl halides is 11. The second-order valence-electron chi connectivity index (χ2n) is 4.59. The number of isothiocyanates is 1. The smallest absolute Gasteiger partial charge is 0.232 e. The number of rotatable bonds is 7. The molecular weight excluding hydrogens is 375 g/mol. The Labute approximate surface area is 127 Å². The van der Waals surface area contributed by atoms with E-state index in [1.165, 1.54) is 0 Å². The van der Waals surface area contributed by atoms with Gasteiger partial charge in [-0.2, -0.15) is 26.3 Å². The maximum Gasteiger partial charge on any atom is 0.431 e. The van der Waals surface area contributed by atoms with Crippen molar-refractivity contribution in [3.05, 3.63) is 0 Å². The molecule has 0 aromatic carbocycles. The van der Waals surface area contributed by atoms with Gasteiger partial charge < -0.3 is 0 Å². The maximum absolute atomic E-state index is 13.2. The Morgan fingerprint density at radius 3 is 1.48 bits per heavy atom. The molecule has 13 heteroatoms. The molecule has 23 heavy (non-hydrogen) atoms. The van der Waals surface area contributed by atoms with Crippen molar-refractivity contribution in [2.75, 3.05) is 6.54 Å². The summed E-state index contributed by atoms with van der Waals surface area (Å²) in [7, 11) is 0. The Morgan fingerprint density at radius 2 is 1.13 bits per heavy atom. The fourth-order valence-electron chi connectivity index (χ4n) is 1.51. The predicted molar refractivity (Wildman–Crippen MR) is 59.6 cm³/mol. The van der Waals surface area contributed by atoms with Crippen LogP contribution in [0.4, 0.5) is 48.3 Å². The number of aliphatic imine (C=N–C) groups is 1. The first-order valence-electron chi connectivity index (χ1n) is 5.59. The third-order valence-electron chi connectivity index (χ3n) is 2.57. The van der Waals surface area contributed by atoms with E-state index in [0.717, 1.165) is 0 Å². The number of thiocarbonyl (C=S) groups is 1. The summed E-state index contributed by atoms with van der Waals surface area (Å²) in [6.45, 7) is -0.827. The molecule has 0 aromatic heterocycles. The molecule has 0 atom stereocenters. The van der Waals surface area contributed by atoms with E-state index in [1.807, 2.05) is 0 Å². The maximum atomic E-state index is 13.2. The van der Waals surface area contributed by atoms with E-state index in [0.29, 0.717) is 0 Å². The van der Waals surface area contributed by atoms with Gasteiger partial charge in [-0.1, -0.05) is 0 Å². The molecule has 0 aliphatic carbocycles. The average molecular weight is 383 g/mol. The summed E-state index contributed by atoms with van der Waals surface area (Å²) in [5.41, 5.74) is -6.31. The molecule has 0 aromatic rings. The molecular formula is C10H8F11NS. The first-order valence-corrected chi connectivity index (χ1v) is 6.00. The molecule has 0 aliphatic heterocycles. The fourth-order valence-corrected chi connectivity index (χ4v) is 1.60. The normalized spacial score (nSPS) is 14.6. The lowest BCUT2D eigenvalue weighted by Crippen LogP contribution is -2.56. The monoisotopic (exact) mass is 383 g/mol. The van der Waals surface area contributed by atoms with Crippen LogP contribution in [-0.2, 0) is 0 Å². The van der Waals surface area contributed by atoms with Crippen molar-refractivity contribution in [3.8, 4) is 0 Å². The number of halogens is 11. The Hall–Kier alpha value is -0.970. The van der Waals surface area contributed by atoms with Crippen molar-refractivity contribution >= 4 is 17.4 Å². The van der Waals surface area contributed by atoms with Crippen LogP contribution in [0.1, 0.15) is 19.3 Å². The lowest BCUT2D eigenvalue weighted by atomic mass is 9.92. The molecule has 0 amide bonds. The molecule has 0 saturated heterocycles. The summed E-state index contributed by atoms with van der Waals surface area (Å²) in [5.74, 6) is -9.65. The molecule has 0 heterocycles. The van der Waals surface area contributed by atoms with E-state index >= 15 is 0 Å². The third kappa shape index (κ3) is 6.21. The van der Waals surface area contributed by atoms with Crippen molar-refractivity contribution in [2.24, 2.45) is 4.99 Å². The first-order chi connectivity index (χ1) is 9.97. The predicted octanol–water partition coefficient (Wildman–Crippen LogP) is 5.36. The molecule has 136 valence electrons. The second-order valence-corrected chi connectivity index (χ2v) is 4.77. The minimum Gasteiger partial charge on any atom is -0.232 e. The van der Waals surface area contributed by atoms with Gasteiger partial charge in [0.15, 0.2) is 0 Å². The van der Waals surface area contributed by atoms with E-state index in [4.69, 9.17) is 0 Å². The van der Waals surface area contributed by atoms with Gasteiger partial charge in [0.25, 0.3) is 11.8 Å². The highest BCUT2D eigenvalue weighted by atomic mass is 32.1. The largest absolute Gasteiger partial charge is 0.431 e. The Bertz CT molecular complexity index is 433. The summed E-state index contributed by atoms with van der Waals surface area (Å²) in [6.07, 6.45) is -21.1.